The Labute approximate surface area is 81.1 Å². The van der Waals surface area contributed by atoms with Crippen molar-refractivity contribution in [3.8, 4) is 0 Å². The Hall–Kier alpha value is -2.03. The summed E-state index contributed by atoms with van der Waals surface area (Å²) in [5, 5.41) is 12.3. The van der Waals surface area contributed by atoms with E-state index in [0.29, 0.717) is 0 Å². The normalized spacial score (nSPS) is 14.4. The lowest BCUT2D eigenvalue weighted by Crippen LogP contribution is -1.91. The van der Waals surface area contributed by atoms with Gasteiger partial charge in [0.2, 0.25) is 0 Å². The van der Waals surface area contributed by atoms with Crippen molar-refractivity contribution in [3.63, 3.8) is 0 Å². The maximum absolute atomic E-state index is 4.24. The number of fused-ring (bicyclic) bond motifs is 1. The Balaban J connectivity index is 2.13. The number of H-pyrrole nitrogens is 1. The molecule has 2 heterocycles. The quantitative estimate of drug-likeness (QED) is 0.720. The Kier molecular flexibility index (Phi) is 1.44. The van der Waals surface area contributed by atoms with Gasteiger partial charge in [-0.3, -0.25) is 10.4 Å². The number of allylic oxidation sites excluding steroid dienone is 2. The summed E-state index contributed by atoms with van der Waals surface area (Å²) in [5.41, 5.74) is 3.17. The summed E-state index contributed by atoms with van der Waals surface area (Å²) in [6.45, 7) is 0. The lowest BCUT2D eigenvalue weighted by Gasteiger charge is -2.00. The van der Waals surface area contributed by atoms with E-state index in [4.69, 9.17) is 0 Å². The largest absolute Gasteiger partial charge is 0.278 e. The van der Waals surface area contributed by atoms with E-state index in [0.717, 1.165) is 22.2 Å². The first-order valence-corrected chi connectivity index (χ1v) is 4.45. The number of nitrogens with zero attached hydrogens (tertiary/aromatic N) is 2. The van der Waals surface area contributed by atoms with Crippen molar-refractivity contribution < 1.29 is 0 Å². The van der Waals surface area contributed by atoms with Gasteiger partial charge in [0.25, 0.3) is 0 Å². The molecule has 3 nitrogen and oxygen atoms in total. The van der Waals surface area contributed by atoms with Crippen molar-refractivity contribution in [1.82, 2.24) is 15.5 Å². The lowest BCUT2D eigenvalue weighted by atomic mass is 10.1. The molecule has 3 rings (SSSR count). The van der Waals surface area contributed by atoms with Crippen LogP contribution in [0.1, 0.15) is 5.56 Å². The van der Waals surface area contributed by atoms with Crippen LogP contribution in [0.4, 0.5) is 0 Å². The molecule has 1 radical (unpaired) electrons. The van der Waals surface area contributed by atoms with Gasteiger partial charge in [-0.25, -0.2) is 0 Å². The number of hydrogen-bond acceptors (Lipinski definition) is 1. The predicted molar refractivity (Wildman–Crippen MR) is 55.3 cm³/mol. The maximum Gasteiger partial charge on any atom is 0.0703 e. The molecule has 0 fully saturated rings. The van der Waals surface area contributed by atoms with E-state index in [1.165, 1.54) is 0 Å². The van der Waals surface area contributed by atoms with E-state index in [9.17, 15) is 0 Å². The molecule has 1 N–H and O–H groups in total. The van der Waals surface area contributed by atoms with Crippen LogP contribution in [0.15, 0.2) is 42.7 Å². The van der Waals surface area contributed by atoms with Crippen LogP contribution in [0.3, 0.4) is 0 Å². The highest BCUT2D eigenvalue weighted by Gasteiger charge is 2.05. The topological polar surface area (TPSA) is 42.8 Å². The van der Waals surface area contributed by atoms with Gasteiger partial charge in [-0.05, 0) is 18.2 Å². The molecule has 67 valence electrons. The van der Waals surface area contributed by atoms with Gasteiger partial charge in [-0.1, -0.05) is 12.1 Å². The molecule has 1 aromatic carbocycles. The first kappa shape index (κ1) is 7.38. The molecule has 2 aromatic rings. The van der Waals surface area contributed by atoms with Crippen LogP contribution in [0.5, 0.6) is 0 Å². The molecule has 1 aliphatic rings. The molecule has 0 atom stereocenters. The van der Waals surface area contributed by atoms with Crippen LogP contribution >= 0.6 is 0 Å². The van der Waals surface area contributed by atoms with Crippen molar-refractivity contribution in [2.45, 2.75) is 0 Å². The first-order chi connectivity index (χ1) is 6.93. The number of nitrogens with one attached hydrogen (secondary N) is 1. The van der Waals surface area contributed by atoms with Gasteiger partial charge in [0, 0.05) is 17.1 Å². The summed E-state index contributed by atoms with van der Waals surface area (Å²) < 4.78 is 0. The van der Waals surface area contributed by atoms with Gasteiger partial charge in [0.1, 0.15) is 0 Å². The van der Waals surface area contributed by atoms with Crippen molar-refractivity contribution in [2.75, 3.05) is 0 Å². The van der Waals surface area contributed by atoms with Gasteiger partial charge in [-0.2, -0.15) is 5.10 Å². The first-order valence-electron chi connectivity index (χ1n) is 4.45. The highest BCUT2D eigenvalue weighted by Crippen LogP contribution is 2.20. The summed E-state index contributed by atoms with van der Waals surface area (Å²) in [6, 6.07) is 6.16. The van der Waals surface area contributed by atoms with Crippen molar-refractivity contribution in [2.24, 2.45) is 0 Å². The zero-order valence-electron chi connectivity index (χ0n) is 7.44. The molecule has 0 unspecified atom stereocenters. The van der Waals surface area contributed by atoms with Crippen LogP contribution in [-0.4, -0.2) is 10.2 Å². The molecule has 14 heavy (non-hydrogen) atoms. The van der Waals surface area contributed by atoms with Gasteiger partial charge in [0.15, 0.2) is 0 Å². The number of rotatable bonds is 1. The van der Waals surface area contributed by atoms with Crippen molar-refractivity contribution in [1.29, 1.82) is 0 Å². The summed E-state index contributed by atoms with van der Waals surface area (Å²) in [6.07, 6.45) is 7.55. The Morgan fingerprint density at radius 1 is 1.21 bits per heavy atom. The predicted octanol–water partition coefficient (Wildman–Crippen LogP) is 2.04. The Morgan fingerprint density at radius 3 is 3.07 bits per heavy atom. The number of benzene rings is 1. The zero-order valence-corrected chi connectivity index (χ0v) is 7.44. The van der Waals surface area contributed by atoms with E-state index < -0.39 is 0 Å². The average molecular weight is 182 g/mol. The van der Waals surface area contributed by atoms with E-state index in [1.54, 1.807) is 6.20 Å². The standard InChI is InChI=1S/C11H8N3/c1-2-10(12-5-1)8-3-4-9-7-13-14-11(9)6-8/h1-7H,(H,13,14). The minimum Gasteiger partial charge on any atom is -0.278 e. The monoisotopic (exact) mass is 182 g/mol. The highest BCUT2D eigenvalue weighted by molar-refractivity contribution is 5.83. The van der Waals surface area contributed by atoms with Crippen LogP contribution in [0.25, 0.3) is 16.6 Å². The lowest BCUT2D eigenvalue weighted by molar-refractivity contribution is 1.12. The fourth-order valence-electron chi connectivity index (χ4n) is 1.57. The second-order valence-electron chi connectivity index (χ2n) is 3.19. The summed E-state index contributed by atoms with van der Waals surface area (Å²) in [5.74, 6) is 0. The average Bonchev–Trinajstić information content (AvgIpc) is 2.88. The Bertz CT molecular complexity index is 534. The van der Waals surface area contributed by atoms with Crippen molar-refractivity contribution >= 4 is 16.6 Å². The third-order valence-electron chi connectivity index (χ3n) is 2.29. The van der Waals surface area contributed by atoms with Crippen molar-refractivity contribution in [3.05, 3.63) is 48.3 Å². The zero-order chi connectivity index (χ0) is 9.38. The third kappa shape index (κ3) is 1.03. The fraction of sp³-hybridized carbons (Fsp3) is 0. The van der Waals surface area contributed by atoms with Crippen LogP contribution in [0.2, 0.25) is 0 Å². The number of aromatic amines is 1. The molecule has 1 aliphatic heterocycles. The van der Waals surface area contributed by atoms with Crippen LogP contribution in [-0.2, 0) is 0 Å². The van der Waals surface area contributed by atoms with E-state index >= 15 is 0 Å². The minimum absolute atomic E-state index is 1.00. The molecule has 0 saturated heterocycles. The summed E-state index contributed by atoms with van der Waals surface area (Å²) in [7, 11) is 0. The number of aromatic nitrogens is 2. The summed E-state index contributed by atoms with van der Waals surface area (Å²) >= 11 is 0. The van der Waals surface area contributed by atoms with Gasteiger partial charge >= 0.3 is 0 Å². The molecular formula is C11H8N3. The van der Waals surface area contributed by atoms with Gasteiger partial charge < -0.3 is 0 Å². The molecule has 0 aliphatic carbocycles. The van der Waals surface area contributed by atoms with Gasteiger partial charge in [-0.15, -0.1) is 0 Å². The second kappa shape index (κ2) is 2.73. The van der Waals surface area contributed by atoms with Gasteiger partial charge in [0.05, 0.1) is 17.4 Å². The Morgan fingerprint density at radius 2 is 2.21 bits per heavy atom. The van der Waals surface area contributed by atoms with Crippen LogP contribution in [0, 0.1) is 0 Å². The third-order valence-corrected chi connectivity index (χ3v) is 2.29. The van der Waals surface area contributed by atoms with E-state index in [-0.39, 0.29) is 0 Å². The highest BCUT2D eigenvalue weighted by atomic mass is 15.1. The molecular weight excluding hydrogens is 174 g/mol. The minimum atomic E-state index is 1.00. The number of hydrogen-bond donors (Lipinski definition) is 1. The maximum atomic E-state index is 4.24. The molecule has 1 aromatic heterocycles. The molecule has 0 spiro atoms. The molecule has 0 amide bonds. The fourth-order valence-corrected chi connectivity index (χ4v) is 1.57. The summed E-state index contributed by atoms with van der Waals surface area (Å²) in [4.78, 5) is 0. The van der Waals surface area contributed by atoms with E-state index in [2.05, 4.69) is 27.6 Å². The smallest absolute Gasteiger partial charge is 0.0703 e. The second-order valence-corrected chi connectivity index (χ2v) is 3.19. The SMILES string of the molecule is C1=C[N]C(c2ccc3cn[nH]c3c2)=C1. The molecule has 0 bridgehead atoms. The molecule has 3 heteroatoms. The van der Waals surface area contributed by atoms with Crippen LogP contribution < -0.4 is 5.32 Å². The molecule has 0 saturated carbocycles. The van der Waals surface area contributed by atoms with E-state index in [1.807, 2.05) is 24.4 Å².